The molecule has 1 aliphatic rings. The van der Waals surface area contributed by atoms with E-state index in [2.05, 4.69) is 62.4 Å². The molecule has 0 radical (unpaired) electrons. The summed E-state index contributed by atoms with van der Waals surface area (Å²) >= 11 is 0. The number of hydrogen-bond donors (Lipinski definition) is 0. The second-order valence-electron chi connectivity index (χ2n) is 5.97. The van der Waals surface area contributed by atoms with Gasteiger partial charge in [-0.05, 0) is 55.2 Å². The van der Waals surface area contributed by atoms with E-state index in [-0.39, 0.29) is 16.5 Å². The summed E-state index contributed by atoms with van der Waals surface area (Å²) < 4.78 is 1.32. The molecule has 0 atom stereocenters. The Labute approximate surface area is 154 Å². The van der Waals surface area contributed by atoms with Crippen LogP contribution in [0.5, 0.6) is 0 Å². The summed E-state index contributed by atoms with van der Waals surface area (Å²) in [5.74, 6) is 0. The molecule has 0 saturated carbocycles. The average molecular weight is 361 g/mol. The van der Waals surface area contributed by atoms with Gasteiger partial charge in [-0.15, -0.1) is 0 Å². The zero-order valence-electron chi connectivity index (χ0n) is 14.3. The van der Waals surface area contributed by atoms with Gasteiger partial charge < -0.3 is 5.53 Å². The molecule has 2 aromatic rings. The fourth-order valence-corrected chi connectivity index (χ4v) is 2.99. The molecule has 0 aromatic heterocycles. The predicted molar refractivity (Wildman–Crippen MR) is 95.8 cm³/mol. The zero-order chi connectivity index (χ0) is 16.4. The van der Waals surface area contributed by atoms with Crippen LogP contribution in [-0.2, 0) is 29.3 Å². The van der Waals surface area contributed by atoms with Crippen molar-refractivity contribution in [2.75, 3.05) is 0 Å². The summed E-state index contributed by atoms with van der Waals surface area (Å²) in [5, 5.41) is 0. The molecule has 0 amide bonds. The van der Waals surface area contributed by atoms with Crippen molar-refractivity contribution in [2.45, 2.75) is 33.6 Å². The van der Waals surface area contributed by atoms with E-state index in [9.17, 15) is 5.53 Å². The third kappa shape index (κ3) is 3.42. The van der Waals surface area contributed by atoms with E-state index in [1.807, 2.05) is 13.0 Å². The summed E-state index contributed by atoms with van der Waals surface area (Å²) in [5.41, 5.74) is 18.1. The SMILES string of the molecule is CCc1ccc(C2=CC(C)=C(c3ccc(CC)cc3)[N+]2=[N-])cc1.[Ni]. The molecule has 0 saturated heterocycles. The summed E-state index contributed by atoms with van der Waals surface area (Å²) in [4.78, 5) is 0. The second-order valence-corrected chi connectivity index (χ2v) is 5.97. The molecule has 0 spiro atoms. The molecule has 2 nitrogen and oxygen atoms in total. The predicted octanol–water partition coefficient (Wildman–Crippen LogP) is 5.63. The van der Waals surface area contributed by atoms with Gasteiger partial charge in [-0.3, -0.25) is 0 Å². The summed E-state index contributed by atoms with van der Waals surface area (Å²) in [6.07, 6.45) is 4.09. The molecule has 126 valence electrons. The van der Waals surface area contributed by atoms with E-state index < -0.39 is 0 Å². The molecular formula is C21H22N2Ni. The quantitative estimate of drug-likeness (QED) is 0.498. The standard InChI is InChI=1S/C21H22N2.Ni/c1-4-16-6-10-18(11-7-16)20-14-15(3)21(23(20)22)19-12-8-17(5-2)9-13-19;/h6-14H,4-5H2,1-3H3;. The first-order chi connectivity index (χ1) is 11.1. The molecule has 0 N–H and O–H groups in total. The van der Waals surface area contributed by atoms with E-state index in [0.717, 1.165) is 40.9 Å². The first-order valence-electron chi connectivity index (χ1n) is 8.24. The van der Waals surface area contributed by atoms with Gasteiger partial charge in [0.1, 0.15) is 0 Å². The summed E-state index contributed by atoms with van der Waals surface area (Å²) in [6, 6.07) is 16.8. The van der Waals surface area contributed by atoms with Gasteiger partial charge >= 0.3 is 0 Å². The third-order valence-corrected chi connectivity index (χ3v) is 4.46. The summed E-state index contributed by atoms with van der Waals surface area (Å²) in [7, 11) is 0. The Morgan fingerprint density at radius 1 is 0.792 bits per heavy atom. The number of allylic oxidation sites excluding steroid dienone is 2. The second kappa shape index (κ2) is 7.72. The molecule has 0 bridgehead atoms. The molecule has 0 fully saturated rings. The largest absolute Gasteiger partial charge is 0.493 e. The fraction of sp³-hybridized carbons (Fsp3) is 0.238. The van der Waals surface area contributed by atoms with Crippen molar-refractivity contribution < 1.29 is 21.2 Å². The maximum absolute atomic E-state index is 10.7. The van der Waals surface area contributed by atoms with E-state index in [0.29, 0.717) is 0 Å². The molecule has 24 heavy (non-hydrogen) atoms. The molecule has 2 aromatic carbocycles. The van der Waals surface area contributed by atoms with Gasteiger partial charge in [0.15, 0.2) is 0 Å². The minimum Gasteiger partial charge on any atom is -0.493 e. The fourth-order valence-electron chi connectivity index (χ4n) is 2.99. The van der Waals surface area contributed by atoms with Crippen molar-refractivity contribution in [3.05, 3.63) is 88.0 Å². The van der Waals surface area contributed by atoms with Crippen LogP contribution in [0.25, 0.3) is 16.9 Å². The average Bonchev–Trinajstić information content (AvgIpc) is 2.89. The number of nitrogens with zero attached hydrogens (tertiary/aromatic N) is 2. The topological polar surface area (TPSA) is 25.3 Å². The Balaban J connectivity index is 0.00000208. The molecule has 3 heteroatoms. The van der Waals surface area contributed by atoms with Crippen LogP contribution >= 0.6 is 0 Å². The van der Waals surface area contributed by atoms with Crippen LogP contribution in [0.15, 0.2) is 60.2 Å². The number of aryl methyl sites for hydroxylation is 2. The van der Waals surface area contributed by atoms with E-state index in [1.165, 1.54) is 15.8 Å². The molecule has 0 aliphatic carbocycles. The minimum absolute atomic E-state index is 0. The van der Waals surface area contributed by atoms with Crippen LogP contribution in [0.1, 0.15) is 43.0 Å². The van der Waals surface area contributed by atoms with E-state index in [1.54, 1.807) is 0 Å². The molecule has 1 aliphatic heterocycles. The Morgan fingerprint density at radius 3 is 1.71 bits per heavy atom. The monoisotopic (exact) mass is 360 g/mol. The zero-order valence-corrected chi connectivity index (χ0v) is 15.3. The molecule has 1 heterocycles. The summed E-state index contributed by atoms with van der Waals surface area (Å²) in [6.45, 7) is 6.33. The Bertz CT molecular complexity index is 797. The molecule has 3 rings (SSSR count). The maximum atomic E-state index is 10.7. The van der Waals surface area contributed by atoms with Crippen molar-refractivity contribution in [1.82, 2.24) is 0 Å². The van der Waals surface area contributed by atoms with Crippen LogP contribution in [0.3, 0.4) is 0 Å². The van der Waals surface area contributed by atoms with Crippen LogP contribution in [0.2, 0.25) is 0 Å². The van der Waals surface area contributed by atoms with E-state index in [4.69, 9.17) is 0 Å². The van der Waals surface area contributed by atoms with Crippen molar-refractivity contribution in [3.8, 4) is 0 Å². The van der Waals surface area contributed by atoms with E-state index >= 15 is 0 Å². The van der Waals surface area contributed by atoms with Gasteiger partial charge in [-0.1, -0.05) is 38.1 Å². The van der Waals surface area contributed by atoms with Gasteiger partial charge in [0.25, 0.3) is 0 Å². The van der Waals surface area contributed by atoms with Crippen LogP contribution < -0.4 is 0 Å². The Morgan fingerprint density at radius 2 is 1.25 bits per heavy atom. The number of benzene rings is 2. The van der Waals surface area contributed by atoms with Crippen molar-refractivity contribution in [2.24, 2.45) is 0 Å². The van der Waals surface area contributed by atoms with Gasteiger partial charge in [-0.2, -0.15) is 0 Å². The Kier molecular flexibility index (Phi) is 5.91. The van der Waals surface area contributed by atoms with Crippen LogP contribution in [0, 0.1) is 0 Å². The molecular weight excluding hydrogens is 339 g/mol. The van der Waals surface area contributed by atoms with Gasteiger partial charge in [0.2, 0.25) is 11.4 Å². The van der Waals surface area contributed by atoms with Gasteiger partial charge in [0, 0.05) is 39.3 Å². The van der Waals surface area contributed by atoms with Crippen molar-refractivity contribution in [1.29, 1.82) is 0 Å². The first kappa shape index (κ1) is 18.4. The first-order valence-corrected chi connectivity index (χ1v) is 8.24. The van der Waals surface area contributed by atoms with Gasteiger partial charge in [0.05, 0.1) is 0 Å². The van der Waals surface area contributed by atoms with Crippen LogP contribution in [0.4, 0.5) is 0 Å². The van der Waals surface area contributed by atoms with Crippen LogP contribution in [-0.4, -0.2) is 4.70 Å². The van der Waals surface area contributed by atoms with Crippen molar-refractivity contribution >= 4 is 11.4 Å². The number of hydrogen-bond acceptors (Lipinski definition) is 0. The third-order valence-electron chi connectivity index (χ3n) is 4.46. The number of rotatable bonds is 4. The normalized spacial score (nSPS) is 13.8. The minimum atomic E-state index is 0. The van der Waals surface area contributed by atoms with Crippen molar-refractivity contribution in [3.63, 3.8) is 0 Å². The maximum Gasteiger partial charge on any atom is 0.210 e. The Hall–Kier alpha value is -1.99. The van der Waals surface area contributed by atoms with Gasteiger partial charge in [-0.25, -0.2) is 4.70 Å². The molecule has 0 unspecified atom stereocenters. The smallest absolute Gasteiger partial charge is 0.210 e.